The average Bonchev–Trinajstić information content (AvgIpc) is 2.09. The summed E-state index contributed by atoms with van der Waals surface area (Å²) in [5.41, 5.74) is 1.91. The minimum absolute atomic E-state index is 0.113. The summed E-state index contributed by atoms with van der Waals surface area (Å²) in [5, 5.41) is 4.15. The first-order chi connectivity index (χ1) is 5.70. The molecule has 0 fully saturated rings. The molecule has 1 aliphatic heterocycles. The highest BCUT2D eigenvalue weighted by molar-refractivity contribution is 6.68. The first kappa shape index (κ1) is 9.04. The molecule has 0 saturated carbocycles. The summed E-state index contributed by atoms with van der Waals surface area (Å²) < 4.78 is 0. The number of allylic oxidation sites excluding steroid dienone is 2. The molecule has 0 aromatic carbocycles. The summed E-state index contributed by atoms with van der Waals surface area (Å²) in [5.74, 6) is 0. The fraction of sp³-hybridized carbons (Fsp3) is 0.500. The van der Waals surface area contributed by atoms with Gasteiger partial charge in [0.15, 0.2) is 0 Å². The maximum absolute atomic E-state index is 10.7. The predicted molar refractivity (Wildman–Crippen MR) is 51.3 cm³/mol. The third-order valence-corrected chi connectivity index (χ3v) is 2.28. The number of rotatable bonds is 2. The molecule has 0 N–H and O–H groups in total. The zero-order chi connectivity index (χ0) is 9.14. The first-order valence-corrected chi connectivity index (χ1v) is 4.15. The van der Waals surface area contributed by atoms with Gasteiger partial charge < -0.3 is 4.92 Å². The summed E-state index contributed by atoms with van der Waals surface area (Å²) in [6, 6.07) is 0. The van der Waals surface area contributed by atoms with E-state index in [0.717, 1.165) is 23.8 Å². The Kier molecular flexibility index (Phi) is 2.68. The topological polar surface area (TPSA) is 32.7 Å². The summed E-state index contributed by atoms with van der Waals surface area (Å²) in [6.45, 7) is 4.13. The van der Waals surface area contributed by atoms with E-state index in [1.54, 1.807) is 11.1 Å². The van der Waals surface area contributed by atoms with Crippen molar-refractivity contribution in [2.75, 3.05) is 7.05 Å². The van der Waals surface area contributed by atoms with E-state index < -0.39 is 0 Å². The van der Waals surface area contributed by atoms with Crippen LogP contribution in [0.3, 0.4) is 0 Å². The first-order valence-electron chi connectivity index (χ1n) is 4.15. The number of carbonyl (C=O) groups is 1. The van der Waals surface area contributed by atoms with E-state index in [-0.39, 0.29) is 6.85 Å². The zero-order valence-electron chi connectivity index (χ0n) is 7.74. The average molecular weight is 164 g/mol. The highest BCUT2D eigenvalue weighted by atomic mass is 16.1. The van der Waals surface area contributed by atoms with Gasteiger partial charge in [-0.25, -0.2) is 0 Å². The van der Waals surface area contributed by atoms with Crippen LogP contribution in [0.1, 0.15) is 13.3 Å². The quantitative estimate of drug-likeness (QED) is 0.450. The third kappa shape index (κ3) is 1.42. The van der Waals surface area contributed by atoms with Crippen molar-refractivity contribution in [3.05, 3.63) is 11.0 Å². The van der Waals surface area contributed by atoms with E-state index in [4.69, 9.17) is 0 Å². The molecule has 0 saturated heterocycles. The Morgan fingerprint density at radius 3 is 2.92 bits per heavy atom. The number of nitrogens with zero attached hydrogens (tertiary/aromatic N) is 2. The molecule has 0 aliphatic carbocycles. The van der Waals surface area contributed by atoms with Crippen molar-refractivity contribution >= 4 is 19.3 Å². The maximum Gasteiger partial charge on any atom is 0.309 e. The van der Waals surface area contributed by atoms with Crippen LogP contribution in [0.4, 0.5) is 0 Å². The van der Waals surface area contributed by atoms with E-state index in [2.05, 4.69) is 5.10 Å². The van der Waals surface area contributed by atoms with Gasteiger partial charge in [0.25, 0.3) is 0 Å². The molecule has 0 aromatic heterocycles. The lowest BCUT2D eigenvalue weighted by Crippen LogP contribution is -2.35. The van der Waals surface area contributed by atoms with Gasteiger partial charge in [-0.1, -0.05) is 13.7 Å². The van der Waals surface area contributed by atoms with E-state index in [1.807, 2.05) is 20.8 Å². The molecule has 1 aliphatic rings. The van der Waals surface area contributed by atoms with Crippen LogP contribution >= 0.6 is 0 Å². The molecule has 0 radical (unpaired) electrons. The lowest BCUT2D eigenvalue weighted by molar-refractivity contribution is -0.104. The molecular formula is C8H13BN2O. The van der Waals surface area contributed by atoms with Crippen LogP contribution in [0.15, 0.2) is 16.1 Å². The number of hydrazone groups is 1. The molecule has 64 valence electrons. The molecule has 12 heavy (non-hydrogen) atoms. The van der Waals surface area contributed by atoms with Gasteiger partial charge in [-0.2, -0.15) is 5.10 Å². The monoisotopic (exact) mass is 164 g/mol. The van der Waals surface area contributed by atoms with Crippen molar-refractivity contribution in [3.63, 3.8) is 0 Å². The Balaban J connectivity index is 3.00. The fourth-order valence-electron chi connectivity index (χ4n) is 1.27. The Bertz CT molecular complexity index is 247. The molecule has 3 nitrogen and oxygen atoms in total. The smallest absolute Gasteiger partial charge is 0.309 e. The second-order valence-corrected chi connectivity index (χ2v) is 2.95. The van der Waals surface area contributed by atoms with Gasteiger partial charge in [-0.15, -0.1) is 0 Å². The summed E-state index contributed by atoms with van der Waals surface area (Å²) in [4.78, 5) is 12.5. The van der Waals surface area contributed by atoms with Crippen LogP contribution in [0.2, 0.25) is 6.82 Å². The lowest BCUT2D eigenvalue weighted by Gasteiger charge is -2.24. The number of aldehydes is 1. The largest absolute Gasteiger partial charge is 0.337 e. The molecule has 4 heteroatoms. The van der Waals surface area contributed by atoms with Gasteiger partial charge in [0.05, 0.1) is 0 Å². The van der Waals surface area contributed by atoms with Crippen LogP contribution < -0.4 is 0 Å². The fourth-order valence-corrected chi connectivity index (χ4v) is 1.27. The molecule has 0 aromatic rings. The van der Waals surface area contributed by atoms with Gasteiger partial charge in [0.2, 0.25) is 0 Å². The highest BCUT2D eigenvalue weighted by Gasteiger charge is 2.23. The Labute approximate surface area is 73.2 Å². The van der Waals surface area contributed by atoms with Crippen LogP contribution in [0.5, 0.6) is 0 Å². The molecule has 0 atom stereocenters. The van der Waals surface area contributed by atoms with E-state index in [1.165, 1.54) is 0 Å². The van der Waals surface area contributed by atoms with Gasteiger partial charge in [0.1, 0.15) is 6.29 Å². The normalized spacial score (nSPS) is 17.2. The van der Waals surface area contributed by atoms with Crippen LogP contribution in [0.25, 0.3) is 0 Å². The number of carbonyl (C=O) groups excluding carboxylic acids is 1. The van der Waals surface area contributed by atoms with Crippen molar-refractivity contribution in [3.8, 4) is 0 Å². The van der Waals surface area contributed by atoms with Crippen molar-refractivity contribution in [2.45, 2.75) is 20.2 Å². The van der Waals surface area contributed by atoms with Gasteiger partial charge >= 0.3 is 6.85 Å². The summed E-state index contributed by atoms with van der Waals surface area (Å²) in [7, 11) is 1.87. The lowest BCUT2D eigenvalue weighted by atomic mass is 9.55. The molecule has 1 rings (SSSR count). The van der Waals surface area contributed by atoms with Crippen LogP contribution in [-0.2, 0) is 4.79 Å². The van der Waals surface area contributed by atoms with Gasteiger partial charge in [-0.05, 0) is 17.5 Å². The maximum atomic E-state index is 10.7. The van der Waals surface area contributed by atoms with Crippen molar-refractivity contribution in [2.24, 2.45) is 5.10 Å². The van der Waals surface area contributed by atoms with Crippen molar-refractivity contribution < 1.29 is 4.79 Å². The predicted octanol–water partition coefficient (Wildman–Crippen LogP) is 0.984. The van der Waals surface area contributed by atoms with Crippen LogP contribution in [-0.4, -0.2) is 31.3 Å². The van der Waals surface area contributed by atoms with Crippen molar-refractivity contribution in [1.82, 2.24) is 4.92 Å². The second kappa shape index (κ2) is 3.56. The minimum Gasteiger partial charge on any atom is -0.337 e. The standard InChI is InChI=1S/C8H13BN2O/c1-4-7-5-10-11(3)9(2)8(7)6-12/h5-6H,4H2,1-3H3. The zero-order valence-corrected chi connectivity index (χ0v) is 7.74. The Hall–Kier alpha value is -1.06. The molecule has 0 unspecified atom stereocenters. The van der Waals surface area contributed by atoms with E-state index >= 15 is 0 Å². The Morgan fingerprint density at radius 2 is 2.42 bits per heavy atom. The minimum atomic E-state index is 0.113. The summed E-state index contributed by atoms with van der Waals surface area (Å²) >= 11 is 0. The van der Waals surface area contributed by atoms with E-state index in [9.17, 15) is 4.79 Å². The molecule has 0 spiro atoms. The highest BCUT2D eigenvalue weighted by Crippen LogP contribution is 2.15. The van der Waals surface area contributed by atoms with Crippen molar-refractivity contribution in [1.29, 1.82) is 0 Å². The molecule has 0 bridgehead atoms. The Morgan fingerprint density at radius 1 is 1.75 bits per heavy atom. The number of hydrogen-bond donors (Lipinski definition) is 0. The molecular weight excluding hydrogens is 151 g/mol. The number of hydrogen-bond acceptors (Lipinski definition) is 3. The second-order valence-electron chi connectivity index (χ2n) is 2.95. The third-order valence-electron chi connectivity index (χ3n) is 2.28. The van der Waals surface area contributed by atoms with Gasteiger partial charge in [0, 0.05) is 13.3 Å². The summed E-state index contributed by atoms with van der Waals surface area (Å²) in [6.07, 6.45) is 3.57. The molecule has 1 heterocycles. The van der Waals surface area contributed by atoms with Gasteiger partial charge in [-0.3, -0.25) is 4.79 Å². The van der Waals surface area contributed by atoms with Crippen LogP contribution in [0, 0.1) is 0 Å². The SMILES string of the molecule is CCC1=C(C=O)B(C)N(C)N=C1. The molecule has 0 amide bonds. The van der Waals surface area contributed by atoms with E-state index in [0.29, 0.717) is 0 Å².